The lowest BCUT2D eigenvalue weighted by Crippen LogP contribution is -2.36. The number of sulfonamides is 1. The predicted molar refractivity (Wildman–Crippen MR) is 149 cm³/mol. The lowest BCUT2D eigenvalue weighted by Gasteiger charge is -2.29. The van der Waals surface area contributed by atoms with Gasteiger partial charge in [-0.15, -0.1) is 0 Å². The van der Waals surface area contributed by atoms with Crippen LogP contribution < -0.4 is 25.0 Å². The monoisotopic (exact) mass is 558 g/mol. The molecule has 38 heavy (non-hydrogen) atoms. The van der Waals surface area contributed by atoms with E-state index >= 15 is 0 Å². The van der Waals surface area contributed by atoms with Gasteiger partial charge in [0, 0.05) is 30.9 Å². The number of para-hydroxylation sites is 1. The molecule has 2 aromatic carbocycles. The van der Waals surface area contributed by atoms with Crippen molar-refractivity contribution in [3.05, 3.63) is 53.7 Å². The molecule has 0 radical (unpaired) electrons. The maximum Gasteiger partial charge on any atom is 0.242 e. The second-order valence-corrected chi connectivity index (χ2v) is 11.3. The normalized spacial score (nSPS) is 16.4. The summed E-state index contributed by atoms with van der Waals surface area (Å²) in [4.78, 5) is 11.2. The average Bonchev–Trinajstić information content (AvgIpc) is 3.44. The number of methoxy groups -OCH3 is 1. The molecule has 12 heteroatoms. The van der Waals surface area contributed by atoms with Crippen molar-refractivity contribution < 1.29 is 17.9 Å². The first-order valence-corrected chi connectivity index (χ1v) is 14.5. The molecule has 0 unspecified atom stereocenters. The van der Waals surface area contributed by atoms with Gasteiger partial charge in [0.1, 0.15) is 15.7 Å². The number of ether oxygens (including phenoxy) is 2. The average molecular weight is 559 g/mol. The van der Waals surface area contributed by atoms with Gasteiger partial charge in [-0.2, -0.15) is 4.98 Å². The number of hydrogen-bond acceptors (Lipinski definition) is 9. The summed E-state index contributed by atoms with van der Waals surface area (Å²) in [5.41, 5.74) is 2.10. The van der Waals surface area contributed by atoms with Crippen LogP contribution in [0.5, 0.6) is 5.75 Å². The predicted octanol–water partition coefficient (Wildman–Crippen LogP) is 4.68. The fourth-order valence-electron chi connectivity index (χ4n) is 4.70. The minimum Gasteiger partial charge on any atom is -0.494 e. The van der Waals surface area contributed by atoms with Crippen molar-refractivity contribution in [3.8, 4) is 5.75 Å². The fraction of sp³-hybridized carbons (Fsp3) is 0.385. The van der Waals surface area contributed by atoms with Crippen LogP contribution in [0.25, 0.3) is 0 Å². The van der Waals surface area contributed by atoms with Crippen molar-refractivity contribution in [1.82, 2.24) is 14.7 Å². The van der Waals surface area contributed by atoms with Crippen LogP contribution in [0, 0.1) is 0 Å². The number of anilines is 5. The number of benzene rings is 2. The van der Waals surface area contributed by atoms with Gasteiger partial charge in [-0.3, -0.25) is 0 Å². The topological polar surface area (TPSA) is 118 Å². The van der Waals surface area contributed by atoms with Crippen molar-refractivity contribution in [2.24, 2.45) is 0 Å². The molecule has 2 aliphatic rings. The molecule has 10 nitrogen and oxygen atoms in total. The van der Waals surface area contributed by atoms with Crippen LogP contribution in [0.3, 0.4) is 0 Å². The highest BCUT2D eigenvalue weighted by Crippen LogP contribution is 2.33. The highest BCUT2D eigenvalue weighted by atomic mass is 35.5. The number of nitrogens with zero attached hydrogens (tertiary/aromatic N) is 3. The number of halogens is 1. The van der Waals surface area contributed by atoms with Crippen molar-refractivity contribution in [1.29, 1.82) is 0 Å². The van der Waals surface area contributed by atoms with E-state index in [1.54, 1.807) is 31.4 Å². The number of rotatable bonds is 9. The van der Waals surface area contributed by atoms with Crippen molar-refractivity contribution in [2.45, 2.75) is 36.6 Å². The Morgan fingerprint density at radius 2 is 1.82 bits per heavy atom. The Balaban J connectivity index is 1.36. The van der Waals surface area contributed by atoms with E-state index in [0.29, 0.717) is 30.3 Å². The summed E-state index contributed by atoms with van der Waals surface area (Å²) < 4.78 is 40.2. The molecule has 1 aromatic heterocycles. The number of aromatic nitrogens is 2. The van der Waals surface area contributed by atoms with E-state index in [1.165, 1.54) is 6.20 Å². The van der Waals surface area contributed by atoms with E-state index < -0.39 is 10.0 Å². The van der Waals surface area contributed by atoms with E-state index in [4.69, 9.17) is 21.1 Å². The van der Waals surface area contributed by atoms with Crippen LogP contribution in [-0.2, 0) is 14.8 Å². The van der Waals surface area contributed by atoms with Crippen LogP contribution in [0.1, 0.15) is 25.7 Å². The molecule has 1 saturated carbocycles. The summed E-state index contributed by atoms with van der Waals surface area (Å²) >= 11 is 6.40. The Morgan fingerprint density at radius 1 is 1.05 bits per heavy atom. The highest BCUT2D eigenvalue weighted by Gasteiger charge is 2.25. The lowest BCUT2D eigenvalue weighted by atomic mass is 10.2. The molecule has 0 atom stereocenters. The Hall–Kier alpha value is -3.12. The van der Waals surface area contributed by atoms with E-state index in [0.717, 1.165) is 44.5 Å². The molecular weight excluding hydrogens is 528 g/mol. The number of morpholine rings is 1. The van der Waals surface area contributed by atoms with Gasteiger partial charge in [0.2, 0.25) is 16.0 Å². The van der Waals surface area contributed by atoms with Gasteiger partial charge in [-0.1, -0.05) is 36.6 Å². The molecule has 0 bridgehead atoms. The maximum absolute atomic E-state index is 13.2. The molecule has 3 N–H and O–H groups in total. The third-order valence-corrected chi connectivity index (χ3v) is 8.51. The zero-order valence-corrected chi connectivity index (χ0v) is 22.7. The molecule has 3 aromatic rings. The molecule has 1 aliphatic heterocycles. The van der Waals surface area contributed by atoms with Gasteiger partial charge in [0.25, 0.3) is 0 Å². The third kappa shape index (κ3) is 6.12. The van der Waals surface area contributed by atoms with Crippen LogP contribution in [0.15, 0.2) is 53.6 Å². The molecule has 202 valence electrons. The molecule has 0 spiro atoms. The van der Waals surface area contributed by atoms with Crippen LogP contribution >= 0.6 is 11.6 Å². The lowest BCUT2D eigenvalue weighted by molar-refractivity contribution is 0.122. The van der Waals surface area contributed by atoms with Gasteiger partial charge in [0.15, 0.2) is 5.82 Å². The quantitative estimate of drug-likeness (QED) is 0.344. The Morgan fingerprint density at radius 3 is 2.58 bits per heavy atom. The molecule has 0 amide bonds. The van der Waals surface area contributed by atoms with E-state index in [9.17, 15) is 8.42 Å². The summed E-state index contributed by atoms with van der Waals surface area (Å²) in [6, 6.07) is 12.5. The van der Waals surface area contributed by atoms with Crippen LogP contribution in [-0.4, -0.2) is 57.8 Å². The molecule has 5 rings (SSSR count). The summed E-state index contributed by atoms with van der Waals surface area (Å²) in [6.45, 7) is 3.02. The van der Waals surface area contributed by atoms with Gasteiger partial charge in [0.05, 0.1) is 37.9 Å². The van der Waals surface area contributed by atoms with Crippen LogP contribution in [0.2, 0.25) is 5.02 Å². The van der Waals surface area contributed by atoms with E-state index in [-0.39, 0.29) is 27.7 Å². The number of nitrogens with one attached hydrogen (secondary N) is 3. The van der Waals surface area contributed by atoms with Crippen molar-refractivity contribution >= 4 is 50.5 Å². The molecule has 2 heterocycles. The second-order valence-electron chi connectivity index (χ2n) is 9.22. The number of hydrogen-bond donors (Lipinski definition) is 3. The molecule has 1 aliphatic carbocycles. The summed E-state index contributed by atoms with van der Waals surface area (Å²) in [5, 5.41) is 6.52. The first-order chi connectivity index (χ1) is 18.4. The highest BCUT2D eigenvalue weighted by molar-refractivity contribution is 7.89. The summed E-state index contributed by atoms with van der Waals surface area (Å²) in [6.07, 6.45) is 5.21. The van der Waals surface area contributed by atoms with Crippen molar-refractivity contribution in [2.75, 3.05) is 48.9 Å². The SMILES string of the molecule is COc1cc(N2CCOCC2)ccc1Nc1ncc(Cl)c(Nc2ccccc2S(=O)(=O)NC2CCCC2)n1. The largest absolute Gasteiger partial charge is 0.494 e. The molecular formula is C26H31ClN6O4S. The van der Waals surface area contributed by atoms with Gasteiger partial charge in [-0.05, 0) is 37.1 Å². The zero-order chi connectivity index (χ0) is 26.5. The van der Waals surface area contributed by atoms with E-state index in [1.807, 2.05) is 18.2 Å². The smallest absolute Gasteiger partial charge is 0.242 e. The first kappa shape index (κ1) is 26.5. The summed E-state index contributed by atoms with van der Waals surface area (Å²) in [5.74, 6) is 1.19. The standard InChI is InChI=1S/C26H31ClN6O4S/c1-36-23-16-19(33-12-14-37-15-13-33)10-11-21(23)30-26-28-17-20(27)25(31-26)29-22-8-4-5-9-24(22)38(34,35)32-18-6-2-3-7-18/h4-5,8-11,16-18,32H,2-3,6-7,12-15H2,1H3,(H2,28,29,30,31). The zero-order valence-electron chi connectivity index (χ0n) is 21.1. The van der Waals surface area contributed by atoms with Gasteiger partial charge < -0.3 is 25.0 Å². The fourth-order valence-corrected chi connectivity index (χ4v) is 6.30. The first-order valence-electron chi connectivity index (χ1n) is 12.6. The Kier molecular flexibility index (Phi) is 8.18. The minimum absolute atomic E-state index is 0.0453. The van der Waals surface area contributed by atoms with Gasteiger partial charge >= 0.3 is 0 Å². The third-order valence-electron chi connectivity index (χ3n) is 6.66. The Labute approximate surface area is 227 Å². The second kappa shape index (κ2) is 11.7. The van der Waals surface area contributed by atoms with E-state index in [2.05, 4.69) is 30.2 Å². The summed E-state index contributed by atoms with van der Waals surface area (Å²) in [7, 11) is -2.12. The van der Waals surface area contributed by atoms with Crippen molar-refractivity contribution in [3.63, 3.8) is 0 Å². The van der Waals surface area contributed by atoms with Gasteiger partial charge in [-0.25, -0.2) is 18.1 Å². The molecule has 1 saturated heterocycles. The maximum atomic E-state index is 13.2. The molecule has 2 fully saturated rings. The van der Waals surface area contributed by atoms with Crippen LogP contribution in [0.4, 0.5) is 28.8 Å². The minimum atomic E-state index is -3.73. The Bertz CT molecular complexity index is 1380.